The van der Waals surface area contributed by atoms with Gasteiger partial charge < -0.3 is 19.5 Å². The minimum absolute atomic E-state index is 0.195. The molecule has 1 amide bonds. The Morgan fingerprint density at radius 1 is 1.17 bits per heavy atom. The smallest absolute Gasteiger partial charge is 0.255 e. The van der Waals surface area contributed by atoms with Crippen molar-refractivity contribution in [2.75, 3.05) is 18.7 Å². The van der Waals surface area contributed by atoms with E-state index in [2.05, 4.69) is 19.2 Å². The van der Waals surface area contributed by atoms with Gasteiger partial charge in [0.05, 0.1) is 6.61 Å². The van der Waals surface area contributed by atoms with Gasteiger partial charge in [0.25, 0.3) is 5.91 Å². The first-order chi connectivity index (χ1) is 11.1. The zero-order chi connectivity index (χ0) is 16.2. The van der Waals surface area contributed by atoms with E-state index in [1.165, 1.54) is 0 Å². The van der Waals surface area contributed by atoms with Crippen molar-refractivity contribution in [3.63, 3.8) is 0 Å². The first-order valence-electron chi connectivity index (χ1n) is 7.55. The van der Waals surface area contributed by atoms with Crippen LogP contribution in [0.3, 0.4) is 0 Å². The summed E-state index contributed by atoms with van der Waals surface area (Å²) in [4.78, 5) is 12.4. The number of rotatable bonds is 5. The zero-order valence-electron chi connectivity index (χ0n) is 13.2. The molecule has 5 nitrogen and oxygen atoms in total. The van der Waals surface area contributed by atoms with E-state index in [4.69, 9.17) is 14.2 Å². The van der Waals surface area contributed by atoms with Gasteiger partial charge in [-0.3, -0.25) is 4.79 Å². The second kappa shape index (κ2) is 6.60. The standard InChI is InChI=1S/C18H19NO4/c1-12(2)10-21-15-5-3-4-13(8-15)18(20)19-14-6-7-16-17(9-14)23-11-22-16/h3-9,12H,10-11H2,1-2H3,(H,19,20). The Balaban J connectivity index is 1.69. The molecule has 3 rings (SSSR count). The fourth-order valence-corrected chi connectivity index (χ4v) is 2.17. The summed E-state index contributed by atoms with van der Waals surface area (Å²) >= 11 is 0. The van der Waals surface area contributed by atoms with Crippen LogP contribution in [0.4, 0.5) is 5.69 Å². The van der Waals surface area contributed by atoms with Gasteiger partial charge in [-0.15, -0.1) is 0 Å². The van der Waals surface area contributed by atoms with Crippen molar-refractivity contribution < 1.29 is 19.0 Å². The van der Waals surface area contributed by atoms with Crippen molar-refractivity contribution in [2.45, 2.75) is 13.8 Å². The van der Waals surface area contributed by atoms with Crippen LogP contribution < -0.4 is 19.5 Å². The summed E-state index contributed by atoms with van der Waals surface area (Å²) < 4.78 is 16.2. The Morgan fingerprint density at radius 2 is 2.00 bits per heavy atom. The molecule has 1 heterocycles. The largest absolute Gasteiger partial charge is 0.493 e. The van der Waals surface area contributed by atoms with Gasteiger partial charge in [-0.2, -0.15) is 0 Å². The highest BCUT2D eigenvalue weighted by molar-refractivity contribution is 6.04. The Morgan fingerprint density at radius 3 is 2.83 bits per heavy atom. The molecule has 0 aromatic heterocycles. The van der Waals surface area contributed by atoms with Crippen LogP contribution in [-0.2, 0) is 0 Å². The zero-order valence-corrected chi connectivity index (χ0v) is 13.2. The average Bonchev–Trinajstić information content (AvgIpc) is 3.01. The lowest BCUT2D eigenvalue weighted by Gasteiger charge is -2.10. The molecule has 0 saturated carbocycles. The minimum atomic E-state index is -0.195. The summed E-state index contributed by atoms with van der Waals surface area (Å²) in [6.45, 7) is 4.99. The average molecular weight is 313 g/mol. The lowest BCUT2D eigenvalue weighted by atomic mass is 10.2. The summed E-state index contributed by atoms with van der Waals surface area (Å²) in [6, 6.07) is 12.5. The summed E-state index contributed by atoms with van der Waals surface area (Å²) in [5, 5.41) is 2.85. The lowest BCUT2D eigenvalue weighted by molar-refractivity contribution is 0.102. The molecule has 0 bridgehead atoms. The number of hydrogen-bond acceptors (Lipinski definition) is 4. The van der Waals surface area contributed by atoms with Gasteiger partial charge in [-0.25, -0.2) is 0 Å². The van der Waals surface area contributed by atoms with Crippen LogP contribution >= 0.6 is 0 Å². The first-order valence-corrected chi connectivity index (χ1v) is 7.55. The van der Waals surface area contributed by atoms with Gasteiger partial charge in [-0.05, 0) is 36.2 Å². The second-order valence-electron chi connectivity index (χ2n) is 5.75. The Hall–Kier alpha value is -2.69. The van der Waals surface area contributed by atoms with Crippen LogP contribution in [0.2, 0.25) is 0 Å². The molecule has 0 aliphatic carbocycles. The highest BCUT2D eigenvalue weighted by atomic mass is 16.7. The number of hydrogen-bond donors (Lipinski definition) is 1. The summed E-state index contributed by atoms with van der Waals surface area (Å²) in [5.41, 5.74) is 1.21. The summed E-state index contributed by atoms with van der Waals surface area (Å²) in [6.07, 6.45) is 0. The van der Waals surface area contributed by atoms with E-state index >= 15 is 0 Å². The number of carbonyl (C=O) groups excluding carboxylic acids is 1. The van der Waals surface area contributed by atoms with Crippen molar-refractivity contribution in [1.29, 1.82) is 0 Å². The molecular formula is C18H19NO4. The van der Waals surface area contributed by atoms with Crippen LogP contribution in [0.15, 0.2) is 42.5 Å². The van der Waals surface area contributed by atoms with Gasteiger partial charge in [0.1, 0.15) is 5.75 Å². The normalized spacial score (nSPS) is 12.3. The number of anilines is 1. The van der Waals surface area contributed by atoms with Gasteiger partial charge >= 0.3 is 0 Å². The van der Waals surface area contributed by atoms with E-state index in [1.54, 1.807) is 30.3 Å². The topological polar surface area (TPSA) is 56.8 Å². The highest BCUT2D eigenvalue weighted by Gasteiger charge is 2.15. The molecule has 120 valence electrons. The van der Waals surface area contributed by atoms with Crippen LogP contribution in [0.5, 0.6) is 17.2 Å². The van der Waals surface area contributed by atoms with E-state index in [0.29, 0.717) is 41.0 Å². The van der Waals surface area contributed by atoms with Crippen LogP contribution in [0, 0.1) is 5.92 Å². The third-order valence-electron chi connectivity index (χ3n) is 3.31. The number of amides is 1. The maximum atomic E-state index is 12.4. The molecule has 2 aromatic carbocycles. The maximum absolute atomic E-state index is 12.4. The predicted octanol–water partition coefficient (Wildman–Crippen LogP) is 3.70. The van der Waals surface area contributed by atoms with Crippen LogP contribution in [0.1, 0.15) is 24.2 Å². The van der Waals surface area contributed by atoms with Gasteiger partial charge in [0.2, 0.25) is 6.79 Å². The first kappa shape index (κ1) is 15.2. The Bertz CT molecular complexity index is 712. The molecule has 5 heteroatoms. The summed E-state index contributed by atoms with van der Waals surface area (Å²) in [5.74, 6) is 2.25. The molecule has 1 aliphatic heterocycles. The fraction of sp³-hybridized carbons (Fsp3) is 0.278. The molecule has 0 fully saturated rings. The molecule has 1 aliphatic rings. The van der Waals surface area contributed by atoms with Crippen LogP contribution in [0.25, 0.3) is 0 Å². The molecule has 23 heavy (non-hydrogen) atoms. The van der Waals surface area contributed by atoms with Crippen molar-refractivity contribution in [1.82, 2.24) is 0 Å². The van der Waals surface area contributed by atoms with E-state index < -0.39 is 0 Å². The van der Waals surface area contributed by atoms with Crippen molar-refractivity contribution in [2.24, 2.45) is 5.92 Å². The fourth-order valence-electron chi connectivity index (χ4n) is 2.17. The molecule has 0 atom stereocenters. The minimum Gasteiger partial charge on any atom is -0.493 e. The van der Waals surface area contributed by atoms with Gasteiger partial charge in [0.15, 0.2) is 11.5 Å². The van der Waals surface area contributed by atoms with E-state index in [-0.39, 0.29) is 12.7 Å². The van der Waals surface area contributed by atoms with Crippen molar-refractivity contribution in [3.05, 3.63) is 48.0 Å². The summed E-state index contributed by atoms with van der Waals surface area (Å²) in [7, 11) is 0. The monoisotopic (exact) mass is 313 g/mol. The van der Waals surface area contributed by atoms with E-state index in [9.17, 15) is 4.79 Å². The molecule has 0 saturated heterocycles. The SMILES string of the molecule is CC(C)COc1cccc(C(=O)Nc2ccc3c(c2)OCO3)c1. The molecular weight excluding hydrogens is 294 g/mol. The number of carbonyl (C=O) groups is 1. The molecule has 2 aromatic rings. The van der Waals surface area contributed by atoms with Crippen LogP contribution in [-0.4, -0.2) is 19.3 Å². The predicted molar refractivity (Wildman–Crippen MR) is 87.3 cm³/mol. The molecule has 0 radical (unpaired) electrons. The number of nitrogens with one attached hydrogen (secondary N) is 1. The molecule has 0 unspecified atom stereocenters. The van der Waals surface area contributed by atoms with E-state index in [0.717, 1.165) is 0 Å². The Labute approximate surface area is 135 Å². The van der Waals surface area contributed by atoms with Gasteiger partial charge in [0, 0.05) is 17.3 Å². The third kappa shape index (κ3) is 3.74. The highest BCUT2D eigenvalue weighted by Crippen LogP contribution is 2.34. The second-order valence-corrected chi connectivity index (χ2v) is 5.75. The van der Waals surface area contributed by atoms with Crippen molar-refractivity contribution >= 4 is 11.6 Å². The quantitative estimate of drug-likeness (QED) is 0.914. The maximum Gasteiger partial charge on any atom is 0.255 e. The lowest BCUT2D eigenvalue weighted by Crippen LogP contribution is -2.12. The number of fused-ring (bicyclic) bond motifs is 1. The number of ether oxygens (including phenoxy) is 3. The van der Waals surface area contributed by atoms with Crippen molar-refractivity contribution in [3.8, 4) is 17.2 Å². The number of benzene rings is 2. The third-order valence-corrected chi connectivity index (χ3v) is 3.31. The van der Waals surface area contributed by atoms with E-state index in [1.807, 2.05) is 12.1 Å². The van der Waals surface area contributed by atoms with Gasteiger partial charge in [-0.1, -0.05) is 19.9 Å². The molecule has 0 spiro atoms. The Kier molecular flexibility index (Phi) is 4.37. The molecule has 1 N–H and O–H groups in total.